The van der Waals surface area contributed by atoms with Gasteiger partial charge in [0.2, 0.25) is 0 Å². The number of rotatable bonds is 14. The molecule has 0 spiro atoms. The average molecular weight is 495 g/mol. The van der Waals surface area contributed by atoms with Gasteiger partial charge in [-0.1, -0.05) is 104 Å². The number of carboxylic acid groups (broad SMARTS) is 1. The molecule has 0 fully saturated rings. The summed E-state index contributed by atoms with van der Waals surface area (Å²) in [5.41, 5.74) is 3.67. The van der Waals surface area contributed by atoms with Gasteiger partial charge in [-0.25, -0.2) is 4.98 Å². The van der Waals surface area contributed by atoms with Crippen LogP contribution in [-0.2, 0) is 23.3 Å². The van der Waals surface area contributed by atoms with Crippen molar-refractivity contribution in [2.75, 3.05) is 6.54 Å². The van der Waals surface area contributed by atoms with Crippen LogP contribution in [0.2, 0.25) is 0 Å². The highest BCUT2D eigenvalue weighted by atomic mass is 16.4. The first-order chi connectivity index (χ1) is 18.1. The number of carboxylic acids is 1. The van der Waals surface area contributed by atoms with Crippen LogP contribution in [0.3, 0.4) is 0 Å². The Kier molecular flexibility index (Phi) is 9.28. The SMILES string of the molecule is CCCCn1cnc(CC(CCCNC(c2ccccc2)(c2ccccc2)c2ccccc2)C(=O)[O-])c1. The molecule has 0 saturated carbocycles. The number of carbonyl (C=O) groups excluding carboxylic acids is 1. The summed E-state index contributed by atoms with van der Waals surface area (Å²) >= 11 is 0. The van der Waals surface area contributed by atoms with Crippen LogP contribution >= 0.6 is 0 Å². The van der Waals surface area contributed by atoms with Gasteiger partial charge in [0.15, 0.2) is 0 Å². The van der Waals surface area contributed by atoms with Crippen LogP contribution in [0.25, 0.3) is 0 Å². The Morgan fingerprint density at radius 3 is 1.92 bits per heavy atom. The second-order valence-corrected chi connectivity index (χ2v) is 9.59. The van der Waals surface area contributed by atoms with Gasteiger partial charge in [0.1, 0.15) is 0 Å². The molecule has 37 heavy (non-hydrogen) atoms. The summed E-state index contributed by atoms with van der Waals surface area (Å²) in [6.07, 6.45) is 7.57. The van der Waals surface area contributed by atoms with Gasteiger partial charge < -0.3 is 14.5 Å². The first-order valence-electron chi connectivity index (χ1n) is 13.3. The lowest BCUT2D eigenvalue weighted by Gasteiger charge is -2.37. The van der Waals surface area contributed by atoms with Crippen molar-refractivity contribution >= 4 is 5.97 Å². The van der Waals surface area contributed by atoms with Gasteiger partial charge >= 0.3 is 0 Å². The summed E-state index contributed by atoms with van der Waals surface area (Å²) in [7, 11) is 0. The average Bonchev–Trinajstić information content (AvgIpc) is 3.40. The highest BCUT2D eigenvalue weighted by Gasteiger charge is 2.35. The summed E-state index contributed by atoms with van der Waals surface area (Å²) in [5.74, 6) is -1.58. The quantitative estimate of drug-likeness (QED) is 0.199. The molecule has 0 amide bonds. The predicted molar refractivity (Wildman–Crippen MR) is 146 cm³/mol. The van der Waals surface area contributed by atoms with Crippen molar-refractivity contribution in [3.63, 3.8) is 0 Å². The van der Waals surface area contributed by atoms with Crippen LogP contribution in [-0.4, -0.2) is 22.1 Å². The zero-order chi connectivity index (χ0) is 25.9. The van der Waals surface area contributed by atoms with Gasteiger partial charge in [0, 0.05) is 24.6 Å². The number of unbranched alkanes of at least 4 members (excludes halogenated alkanes) is 1. The molecule has 1 N–H and O–H groups in total. The van der Waals surface area contributed by atoms with E-state index in [0.717, 1.165) is 41.8 Å². The minimum absolute atomic E-state index is 0.392. The Morgan fingerprint density at radius 2 is 1.43 bits per heavy atom. The number of aliphatic carboxylic acids is 1. The van der Waals surface area contributed by atoms with E-state index in [1.165, 1.54) is 0 Å². The van der Waals surface area contributed by atoms with Crippen molar-refractivity contribution in [3.05, 3.63) is 126 Å². The van der Waals surface area contributed by atoms with Crippen LogP contribution in [0.15, 0.2) is 104 Å². The fraction of sp³-hybridized carbons (Fsp3) is 0.312. The molecule has 1 atom stereocenters. The van der Waals surface area contributed by atoms with Crippen LogP contribution in [0.1, 0.15) is 55.0 Å². The number of aromatic nitrogens is 2. The maximum atomic E-state index is 12.0. The molecule has 0 bridgehead atoms. The molecule has 0 saturated heterocycles. The highest BCUT2D eigenvalue weighted by Crippen LogP contribution is 2.36. The Labute approximate surface area is 220 Å². The molecule has 4 rings (SSSR count). The first-order valence-corrected chi connectivity index (χ1v) is 13.3. The fourth-order valence-corrected chi connectivity index (χ4v) is 5.03. The number of hydrogen-bond acceptors (Lipinski definition) is 4. The van der Waals surface area contributed by atoms with Crippen molar-refractivity contribution in [1.29, 1.82) is 0 Å². The molecule has 0 aliphatic rings. The van der Waals surface area contributed by atoms with Gasteiger partial charge in [-0.3, -0.25) is 5.32 Å². The zero-order valence-electron chi connectivity index (χ0n) is 21.6. The van der Waals surface area contributed by atoms with Gasteiger partial charge in [0.05, 0.1) is 17.6 Å². The number of nitrogens with zero attached hydrogens (tertiary/aromatic N) is 2. The molecule has 0 radical (unpaired) electrons. The highest BCUT2D eigenvalue weighted by molar-refractivity contribution is 5.67. The fourth-order valence-electron chi connectivity index (χ4n) is 5.03. The number of benzene rings is 3. The maximum absolute atomic E-state index is 12.0. The van der Waals surface area contributed by atoms with Crippen molar-refractivity contribution < 1.29 is 9.90 Å². The third kappa shape index (κ3) is 6.55. The number of imidazole rings is 1. The molecule has 1 aromatic heterocycles. The summed E-state index contributed by atoms with van der Waals surface area (Å²) in [6.45, 7) is 3.71. The van der Waals surface area contributed by atoms with Gasteiger partial charge in [-0.2, -0.15) is 0 Å². The van der Waals surface area contributed by atoms with Crippen LogP contribution in [0.5, 0.6) is 0 Å². The lowest BCUT2D eigenvalue weighted by molar-refractivity contribution is -0.311. The zero-order valence-corrected chi connectivity index (χ0v) is 21.6. The topological polar surface area (TPSA) is 70.0 Å². The molecule has 1 unspecified atom stereocenters. The van der Waals surface area contributed by atoms with E-state index in [1.807, 2.05) is 29.0 Å². The van der Waals surface area contributed by atoms with Crippen molar-refractivity contribution in [3.8, 4) is 0 Å². The first kappa shape index (κ1) is 26.4. The van der Waals surface area contributed by atoms with E-state index in [0.29, 0.717) is 25.8 Å². The van der Waals surface area contributed by atoms with E-state index in [-0.39, 0.29) is 0 Å². The predicted octanol–water partition coefficient (Wildman–Crippen LogP) is 4.95. The molecular formula is C32H36N3O2-. The minimum Gasteiger partial charge on any atom is -0.550 e. The van der Waals surface area contributed by atoms with Crippen molar-refractivity contribution in [2.45, 2.75) is 51.1 Å². The standard InChI is InChI=1S/C32H37N3O2/c1-2-3-22-35-24-30(33-25-35)23-26(31(36)37)14-13-21-34-32(27-15-7-4-8-16-27,28-17-9-5-10-18-28)29-19-11-6-12-20-29/h4-12,15-20,24-26,34H,2-3,13-14,21-23H2,1H3,(H,36,37)/p-1. The van der Waals surface area contributed by atoms with Crippen molar-refractivity contribution in [2.24, 2.45) is 5.92 Å². The second kappa shape index (κ2) is 13.0. The molecule has 4 aromatic rings. The maximum Gasteiger partial charge on any atom is 0.0949 e. The van der Waals surface area contributed by atoms with Crippen LogP contribution < -0.4 is 10.4 Å². The lowest BCUT2D eigenvalue weighted by Crippen LogP contribution is -2.45. The largest absolute Gasteiger partial charge is 0.550 e. The molecule has 5 heteroatoms. The summed E-state index contributed by atoms with van der Waals surface area (Å²) in [4.78, 5) is 16.4. The van der Waals surface area contributed by atoms with Gasteiger partial charge in [-0.15, -0.1) is 0 Å². The molecule has 0 aliphatic carbocycles. The van der Waals surface area contributed by atoms with E-state index in [1.54, 1.807) is 6.33 Å². The monoisotopic (exact) mass is 494 g/mol. The minimum atomic E-state index is -1.01. The number of nitrogens with one attached hydrogen (secondary N) is 1. The Bertz CT molecular complexity index is 1130. The second-order valence-electron chi connectivity index (χ2n) is 9.59. The Balaban J connectivity index is 1.52. The van der Waals surface area contributed by atoms with Gasteiger partial charge in [0.25, 0.3) is 0 Å². The Hall–Kier alpha value is -3.70. The van der Waals surface area contributed by atoms with E-state index in [4.69, 9.17) is 0 Å². The van der Waals surface area contributed by atoms with Gasteiger partial charge in [-0.05, 0) is 48.9 Å². The van der Waals surface area contributed by atoms with Crippen LogP contribution in [0, 0.1) is 5.92 Å². The number of aryl methyl sites for hydroxylation is 1. The smallest absolute Gasteiger partial charge is 0.0949 e. The molecule has 0 aliphatic heterocycles. The normalized spacial score (nSPS) is 12.4. The van der Waals surface area contributed by atoms with Crippen LogP contribution in [0.4, 0.5) is 0 Å². The molecule has 3 aromatic carbocycles. The molecule has 1 heterocycles. The van der Waals surface area contributed by atoms with E-state index in [9.17, 15) is 9.90 Å². The molecule has 192 valence electrons. The summed E-state index contributed by atoms with van der Waals surface area (Å²) in [5, 5.41) is 15.8. The summed E-state index contributed by atoms with van der Waals surface area (Å²) in [6, 6.07) is 31.3. The summed E-state index contributed by atoms with van der Waals surface area (Å²) < 4.78 is 2.04. The molecule has 5 nitrogen and oxygen atoms in total. The molecular weight excluding hydrogens is 458 g/mol. The van der Waals surface area contributed by atoms with E-state index >= 15 is 0 Å². The Morgan fingerprint density at radius 1 is 0.892 bits per heavy atom. The van der Waals surface area contributed by atoms with E-state index in [2.05, 4.69) is 90.0 Å². The van der Waals surface area contributed by atoms with E-state index < -0.39 is 17.4 Å². The third-order valence-corrected chi connectivity index (χ3v) is 6.99. The lowest BCUT2D eigenvalue weighted by atomic mass is 9.77. The third-order valence-electron chi connectivity index (χ3n) is 6.99. The number of carbonyl (C=O) groups is 1. The number of hydrogen-bond donors (Lipinski definition) is 1. The van der Waals surface area contributed by atoms with Crippen molar-refractivity contribution in [1.82, 2.24) is 14.9 Å².